The second kappa shape index (κ2) is 4.94. The Morgan fingerprint density at radius 1 is 1.38 bits per heavy atom. The Morgan fingerprint density at radius 2 is 2.10 bits per heavy atom. The second-order valence-corrected chi connectivity index (χ2v) is 6.92. The summed E-state index contributed by atoms with van der Waals surface area (Å²) in [6, 6.07) is 4.16. The molecule has 0 unspecified atom stereocenters. The van der Waals surface area contributed by atoms with Crippen LogP contribution in [0, 0.1) is 0 Å². The number of carbonyl (C=O) groups is 1. The third-order valence-electron chi connectivity index (χ3n) is 3.40. The van der Waals surface area contributed by atoms with E-state index in [0.29, 0.717) is 16.3 Å². The van der Waals surface area contributed by atoms with Crippen LogP contribution in [0.5, 0.6) is 0 Å². The van der Waals surface area contributed by atoms with Crippen molar-refractivity contribution in [2.24, 2.45) is 5.14 Å². The number of sulfonamides is 1. The van der Waals surface area contributed by atoms with Gasteiger partial charge in [0.2, 0.25) is 10.0 Å². The van der Waals surface area contributed by atoms with E-state index in [-0.39, 0.29) is 10.8 Å². The topological polar surface area (TPSA) is 95.1 Å². The number of benzene rings is 1. The number of nitrogens with two attached hydrogens (primary N) is 1. The summed E-state index contributed by atoms with van der Waals surface area (Å²) in [4.78, 5) is 11.1. The van der Waals surface area contributed by atoms with E-state index in [1.807, 2.05) is 0 Å². The van der Waals surface area contributed by atoms with Crippen molar-refractivity contribution in [3.05, 3.63) is 40.7 Å². The smallest absolute Gasteiger partial charge is 0.238 e. The minimum atomic E-state index is -3.84. The highest BCUT2D eigenvalue weighted by atomic mass is 35.5. The molecule has 0 spiro atoms. The minimum Gasteiger partial charge on any atom is -0.298 e. The number of aromatic nitrogens is 2. The van der Waals surface area contributed by atoms with E-state index < -0.39 is 10.0 Å². The molecule has 1 saturated carbocycles. The van der Waals surface area contributed by atoms with Crippen LogP contribution in [0.15, 0.2) is 29.3 Å². The lowest BCUT2D eigenvalue weighted by atomic mass is 10.2. The van der Waals surface area contributed by atoms with Crippen molar-refractivity contribution >= 4 is 27.9 Å². The Labute approximate surface area is 126 Å². The molecule has 1 aliphatic carbocycles. The number of halogens is 1. The number of hydrogen-bond acceptors (Lipinski definition) is 4. The van der Waals surface area contributed by atoms with Gasteiger partial charge in [-0.3, -0.25) is 4.79 Å². The summed E-state index contributed by atoms with van der Waals surface area (Å²) in [6.07, 6.45) is 4.15. The van der Waals surface area contributed by atoms with Crippen LogP contribution >= 0.6 is 11.6 Å². The van der Waals surface area contributed by atoms with Crippen LogP contribution < -0.4 is 5.14 Å². The van der Waals surface area contributed by atoms with Gasteiger partial charge in [0.15, 0.2) is 6.29 Å². The van der Waals surface area contributed by atoms with Crippen molar-refractivity contribution in [2.75, 3.05) is 0 Å². The van der Waals surface area contributed by atoms with Crippen LogP contribution in [0.2, 0.25) is 5.02 Å². The molecular weight excluding hydrogens is 314 g/mol. The zero-order chi connectivity index (χ0) is 15.2. The molecule has 0 atom stereocenters. The third-order valence-corrected chi connectivity index (χ3v) is 4.63. The fraction of sp³-hybridized carbons (Fsp3) is 0.231. The van der Waals surface area contributed by atoms with Crippen molar-refractivity contribution in [3.63, 3.8) is 0 Å². The molecule has 1 aromatic heterocycles. The van der Waals surface area contributed by atoms with Gasteiger partial charge in [-0.2, -0.15) is 5.10 Å². The molecule has 110 valence electrons. The fourth-order valence-electron chi connectivity index (χ4n) is 2.25. The maximum Gasteiger partial charge on any atom is 0.238 e. The van der Waals surface area contributed by atoms with Crippen molar-refractivity contribution in [1.29, 1.82) is 0 Å². The van der Waals surface area contributed by atoms with Crippen LogP contribution in [0.25, 0.3) is 5.69 Å². The molecule has 0 radical (unpaired) electrons. The first-order valence-corrected chi connectivity index (χ1v) is 8.20. The molecule has 0 aliphatic heterocycles. The van der Waals surface area contributed by atoms with E-state index in [4.69, 9.17) is 16.7 Å². The number of hydrogen-bond donors (Lipinski definition) is 1. The maximum absolute atomic E-state index is 11.5. The van der Waals surface area contributed by atoms with Crippen molar-refractivity contribution < 1.29 is 13.2 Å². The first-order valence-electron chi connectivity index (χ1n) is 6.27. The maximum atomic E-state index is 11.5. The van der Waals surface area contributed by atoms with Gasteiger partial charge in [0.05, 0.1) is 33.1 Å². The Hall–Kier alpha value is -1.70. The molecule has 2 aromatic rings. The molecular formula is C13H12ClN3O3S. The number of primary sulfonamides is 1. The summed E-state index contributed by atoms with van der Waals surface area (Å²) >= 11 is 6.15. The molecule has 0 amide bonds. The predicted molar refractivity (Wildman–Crippen MR) is 77.3 cm³/mol. The number of nitrogens with zero attached hydrogens (tertiary/aromatic N) is 2. The molecule has 2 N–H and O–H groups in total. The van der Waals surface area contributed by atoms with Gasteiger partial charge in [0.1, 0.15) is 0 Å². The second-order valence-electron chi connectivity index (χ2n) is 4.95. The molecule has 0 saturated heterocycles. The van der Waals surface area contributed by atoms with E-state index in [1.54, 1.807) is 0 Å². The van der Waals surface area contributed by atoms with E-state index in [1.165, 1.54) is 29.1 Å². The molecule has 3 rings (SSSR count). The zero-order valence-electron chi connectivity index (χ0n) is 10.9. The standard InChI is InChI=1S/C13H12ClN3O3S/c14-11-4-3-10(21(15,19)20)5-12(11)17-13(8-1-2-8)9(7-18)6-16-17/h3-8H,1-2H2,(H2,15,19,20). The Balaban J connectivity index is 2.21. The Bertz CT molecular complexity index is 825. The summed E-state index contributed by atoms with van der Waals surface area (Å²) in [6.45, 7) is 0. The van der Waals surface area contributed by atoms with Crippen LogP contribution in [0.1, 0.15) is 34.8 Å². The lowest BCUT2D eigenvalue weighted by molar-refractivity contribution is 0.112. The molecule has 1 aliphatic rings. The van der Waals surface area contributed by atoms with E-state index in [0.717, 1.165) is 24.8 Å². The van der Waals surface area contributed by atoms with Crippen LogP contribution in [-0.4, -0.2) is 24.5 Å². The average Bonchev–Trinajstić information content (AvgIpc) is 3.17. The molecule has 1 aromatic carbocycles. The quantitative estimate of drug-likeness (QED) is 0.868. The fourth-order valence-corrected chi connectivity index (χ4v) is 2.98. The lowest BCUT2D eigenvalue weighted by Gasteiger charge is -2.10. The third kappa shape index (κ3) is 2.59. The monoisotopic (exact) mass is 325 g/mol. The van der Waals surface area contributed by atoms with Crippen molar-refractivity contribution in [3.8, 4) is 5.69 Å². The van der Waals surface area contributed by atoms with Gasteiger partial charge >= 0.3 is 0 Å². The number of carbonyl (C=O) groups excluding carboxylic acids is 1. The SMILES string of the molecule is NS(=O)(=O)c1ccc(Cl)c(-n2ncc(C=O)c2C2CC2)c1. The summed E-state index contributed by atoms with van der Waals surface area (Å²) < 4.78 is 24.5. The predicted octanol–water partition coefficient (Wildman–Crippen LogP) is 1.86. The summed E-state index contributed by atoms with van der Waals surface area (Å²) in [7, 11) is -3.84. The van der Waals surface area contributed by atoms with Gasteiger partial charge in [-0.25, -0.2) is 18.2 Å². The number of aldehydes is 1. The van der Waals surface area contributed by atoms with Crippen LogP contribution in [-0.2, 0) is 10.0 Å². The Kier molecular flexibility index (Phi) is 3.35. The molecule has 21 heavy (non-hydrogen) atoms. The van der Waals surface area contributed by atoms with Gasteiger partial charge in [-0.15, -0.1) is 0 Å². The van der Waals surface area contributed by atoms with Crippen molar-refractivity contribution in [1.82, 2.24) is 9.78 Å². The largest absolute Gasteiger partial charge is 0.298 e. The van der Waals surface area contributed by atoms with Gasteiger partial charge in [0, 0.05) is 5.92 Å². The summed E-state index contributed by atoms with van der Waals surface area (Å²) in [5, 5.41) is 9.64. The van der Waals surface area contributed by atoms with Gasteiger partial charge in [-0.05, 0) is 31.0 Å². The Morgan fingerprint density at radius 3 is 2.67 bits per heavy atom. The summed E-state index contributed by atoms with van der Waals surface area (Å²) in [5.74, 6) is 0.252. The highest BCUT2D eigenvalue weighted by Crippen LogP contribution is 2.42. The van der Waals surface area contributed by atoms with Crippen LogP contribution in [0.3, 0.4) is 0 Å². The highest BCUT2D eigenvalue weighted by molar-refractivity contribution is 7.89. The van der Waals surface area contributed by atoms with E-state index >= 15 is 0 Å². The molecule has 1 fully saturated rings. The summed E-state index contributed by atoms with van der Waals surface area (Å²) in [5.41, 5.74) is 1.66. The lowest BCUT2D eigenvalue weighted by Crippen LogP contribution is -2.13. The van der Waals surface area contributed by atoms with E-state index in [2.05, 4.69) is 5.10 Å². The minimum absolute atomic E-state index is 0.0493. The average molecular weight is 326 g/mol. The number of rotatable bonds is 4. The van der Waals surface area contributed by atoms with Crippen molar-refractivity contribution in [2.45, 2.75) is 23.7 Å². The molecule has 8 heteroatoms. The normalized spacial score (nSPS) is 15.1. The van der Waals surface area contributed by atoms with E-state index in [9.17, 15) is 13.2 Å². The highest BCUT2D eigenvalue weighted by Gasteiger charge is 2.31. The van der Waals surface area contributed by atoms with Crippen LogP contribution in [0.4, 0.5) is 0 Å². The van der Waals surface area contributed by atoms with Gasteiger partial charge in [-0.1, -0.05) is 11.6 Å². The molecule has 6 nitrogen and oxygen atoms in total. The van der Waals surface area contributed by atoms with Gasteiger partial charge < -0.3 is 0 Å². The molecule has 0 bridgehead atoms. The van der Waals surface area contributed by atoms with Gasteiger partial charge in [0.25, 0.3) is 0 Å². The first kappa shape index (κ1) is 14.2. The molecule has 1 heterocycles. The first-order chi connectivity index (χ1) is 9.91. The zero-order valence-corrected chi connectivity index (χ0v) is 12.4.